The summed E-state index contributed by atoms with van der Waals surface area (Å²) in [5.41, 5.74) is 6.75. The van der Waals surface area contributed by atoms with E-state index in [0.29, 0.717) is 18.3 Å². The minimum absolute atomic E-state index is 0.285. The van der Waals surface area contributed by atoms with Crippen molar-refractivity contribution < 1.29 is 4.74 Å². The van der Waals surface area contributed by atoms with E-state index < -0.39 is 0 Å². The summed E-state index contributed by atoms with van der Waals surface area (Å²) in [4.78, 5) is 13.3. The zero-order valence-corrected chi connectivity index (χ0v) is 12.2. The molecule has 0 unspecified atom stereocenters. The molecule has 0 radical (unpaired) electrons. The highest BCUT2D eigenvalue weighted by Gasteiger charge is 2.22. The minimum Gasteiger partial charge on any atom is -0.493 e. The number of para-hydroxylation sites is 1. The molecule has 1 heterocycles. The molecule has 2 aromatic rings. The van der Waals surface area contributed by atoms with E-state index >= 15 is 0 Å². The Morgan fingerprint density at radius 1 is 1.14 bits per heavy atom. The zero-order valence-electron chi connectivity index (χ0n) is 12.2. The maximum Gasteiger partial charge on any atom is 0.223 e. The van der Waals surface area contributed by atoms with E-state index in [0.717, 1.165) is 30.0 Å². The van der Waals surface area contributed by atoms with Gasteiger partial charge in [-0.1, -0.05) is 25.0 Å². The topological polar surface area (TPSA) is 73.9 Å². The second-order valence-electron chi connectivity index (χ2n) is 5.29. The first kappa shape index (κ1) is 13.8. The van der Waals surface area contributed by atoms with Gasteiger partial charge in [0.25, 0.3) is 0 Å². The number of nitrogens with zero attached hydrogens (tertiary/aromatic N) is 3. The highest BCUT2D eigenvalue weighted by Crippen LogP contribution is 2.34. The molecule has 1 aliphatic rings. The van der Waals surface area contributed by atoms with Crippen LogP contribution in [-0.2, 0) is 0 Å². The van der Waals surface area contributed by atoms with E-state index in [4.69, 9.17) is 10.5 Å². The Hall–Kier alpha value is -2.17. The third kappa shape index (κ3) is 2.96. The molecule has 3 rings (SSSR count). The molecular weight excluding hydrogens is 264 g/mol. The summed E-state index contributed by atoms with van der Waals surface area (Å²) < 4.78 is 5.66. The molecule has 110 valence electrons. The van der Waals surface area contributed by atoms with Gasteiger partial charge in [-0.3, -0.25) is 0 Å². The Morgan fingerprint density at radius 2 is 1.90 bits per heavy atom. The summed E-state index contributed by atoms with van der Waals surface area (Å²) in [7, 11) is 0. The highest BCUT2D eigenvalue weighted by atomic mass is 16.5. The van der Waals surface area contributed by atoms with E-state index in [-0.39, 0.29) is 5.95 Å². The van der Waals surface area contributed by atoms with Crippen molar-refractivity contribution in [3.8, 4) is 17.1 Å². The number of hydrogen-bond donors (Lipinski definition) is 1. The summed E-state index contributed by atoms with van der Waals surface area (Å²) >= 11 is 0. The summed E-state index contributed by atoms with van der Waals surface area (Å²) in [5, 5.41) is 0. The van der Waals surface area contributed by atoms with Crippen molar-refractivity contribution in [1.82, 2.24) is 15.0 Å². The fourth-order valence-electron chi connectivity index (χ4n) is 2.83. The quantitative estimate of drug-likeness (QED) is 0.933. The van der Waals surface area contributed by atoms with Gasteiger partial charge in [-0.05, 0) is 31.9 Å². The fraction of sp³-hybridized carbons (Fsp3) is 0.438. The van der Waals surface area contributed by atoms with Crippen molar-refractivity contribution in [2.24, 2.45) is 0 Å². The number of ether oxygens (including phenoxy) is 1. The van der Waals surface area contributed by atoms with Crippen LogP contribution in [0.1, 0.15) is 44.3 Å². The predicted molar refractivity (Wildman–Crippen MR) is 82.1 cm³/mol. The van der Waals surface area contributed by atoms with Gasteiger partial charge < -0.3 is 10.5 Å². The first-order valence-electron chi connectivity index (χ1n) is 7.51. The van der Waals surface area contributed by atoms with Gasteiger partial charge in [0, 0.05) is 5.92 Å². The summed E-state index contributed by atoms with van der Waals surface area (Å²) in [5.74, 6) is 2.90. The summed E-state index contributed by atoms with van der Waals surface area (Å²) in [6, 6.07) is 7.77. The maximum atomic E-state index is 5.89. The molecule has 0 aliphatic heterocycles. The van der Waals surface area contributed by atoms with Crippen LogP contribution < -0.4 is 10.5 Å². The van der Waals surface area contributed by atoms with Crippen LogP contribution in [0.4, 0.5) is 5.95 Å². The monoisotopic (exact) mass is 284 g/mol. The van der Waals surface area contributed by atoms with E-state index in [9.17, 15) is 0 Å². The first-order valence-corrected chi connectivity index (χ1v) is 7.51. The SMILES string of the molecule is CCOc1ccccc1-c1nc(N)nc(C2CCCC2)n1. The molecule has 1 aromatic carbocycles. The van der Waals surface area contributed by atoms with Crippen LogP contribution in [0.2, 0.25) is 0 Å². The lowest BCUT2D eigenvalue weighted by atomic mass is 10.1. The largest absolute Gasteiger partial charge is 0.493 e. The summed E-state index contributed by atoms with van der Waals surface area (Å²) in [6.07, 6.45) is 4.74. The van der Waals surface area contributed by atoms with Gasteiger partial charge in [0.05, 0.1) is 12.2 Å². The van der Waals surface area contributed by atoms with Crippen LogP contribution in [0.5, 0.6) is 5.75 Å². The lowest BCUT2D eigenvalue weighted by Gasteiger charge is -2.12. The zero-order chi connectivity index (χ0) is 14.7. The van der Waals surface area contributed by atoms with Crippen molar-refractivity contribution in [2.45, 2.75) is 38.5 Å². The fourth-order valence-corrected chi connectivity index (χ4v) is 2.83. The van der Waals surface area contributed by atoms with E-state index in [1.165, 1.54) is 12.8 Å². The molecule has 2 N–H and O–H groups in total. The van der Waals surface area contributed by atoms with Crippen LogP contribution in [0.3, 0.4) is 0 Å². The van der Waals surface area contributed by atoms with Crippen molar-refractivity contribution >= 4 is 5.95 Å². The molecular formula is C16H20N4O. The maximum absolute atomic E-state index is 5.89. The predicted octanol–water partition coefficient (Wildman–Crippen LogP) is 3.18. The summed E-state index contributed by atoms with van der Waals surface area (Å²) in [6.45, 7) is 2.57. The van der Waals surface area contributed by atoms with E-state index in [1.54, 1.807) is 0 Å². The Kier molecular flexibility index (Phi) is 3.99. The molecule has 21 heavy (non-hydrogen) atoms. The number of hydrogen-bond acceptors (Lipinski definition) is 5. The van der Waals surface area contributed by atoms with E-state index in [1.807, 2.05) is 31.2 Å². The Bertz CT molecular complexity index is 623. The Balaban J connectivity index is 2.02. The average Bonchev–Trinajstić information content (AvgIpc) is 3.02. The third-order valence-corrected chi connectivity index (χ3v) is 3.82. The van der Waals surface area contributed by atoms with Gasteiger partial charge in [0.15, 0.2) is 5.82 Å². The number of nitrogens with two attached hydrogens (primary N) is 1. The third-order valence-electron chi connectivity index (χ3n) is 3.82. The lowest BCUT2D eigenvalue weighted by Crippen LogP contribution is -2.08. The molecule has 1 aliphatic carbocycles. The molecule has 5 heteroatoms. The molecule has 0 saturated heterocycles. The Labute approximate surface area is 124 Å². The van der Waals surface area contributed by atoms with Crippen LogP contribution in [0, 0.1) is 0 Å². The Morgan fingerprint density at radius 3 is 2.67 bits per heavy atom. The number of benzene rings is 1. The number of anilines is 1. The average molecular weight is 284 g/mol. The second-order valence-corrected chi connectivity index (χ2v) is 5.29. The molecule has 0 bridgehead atoms. The van der Waals surface area contributed by atoms with Crippen LogP contribution in [0.25, 0.3) is 11.4 Å². The van der Waals surface area contributed by atoms with Crippen molar-refractivity contribution in [2.75, 3.05) is 12.3 Å². The number of rotatable bonds is 4. The van der Waals surface area contributed by atoms with Crippen molar-refractivity contribution in [3.05, 3.63) is 30.1 Å². The van der Waals surface area contributed by atoms with Crippen molar-refractivity contribution in [1.29, 1.82) is 0 Å². The molecule has 1 aromatic heterocycles. The second kappa shape index (κ2) is 6.08. The highest BCUT2D eigenvalue weighted by molar-refractivity contribution is 5.64. The lowest BCUT2D eigenvalue weighted by molar-refractivity contribution is 0.341. The minimum atomic E-state index is 0.285. The molecule has 0 amide bonds. The molecule has 1 fully saturated rings. The van der Waals surface area contributed by atoms with Gasteiger partial charge >= 0.3 is 0 Å². The van der Waals surface area contributed by atoms with Gasteiger partial charge in [-0.25, -0.2) is 4.98 Å². The van der Waals surface area contributed by atoms with Crippen molar-refractivity contribution in [3.63, 3.8) is 0 Å². The first-order chi connectivity index (χ1) is 10.3. The molecule has 0 atom stereocenters. The smallest absolute Gasteiger partial charge is 0.223 e. The van der Waals surface area contributed by atoms with Crippen LogP contribution >= 0.6 is 0 Å². The number of nitrogen functional groups attached to an aromatic ring is 1. The van der Waals surface area contributed by atoms with Crippen LogP contribution in [-0.4, -0.2) is 21.6 Å². The molecule has 5 nitrogen and oxygen atoms in total. The van der Waals surface area contributed by atoms with E-state index in [2.05, 4.69) is 15.0 Å². The van der Waals surface area contributed by atoms with Gasteiger partial charge in [-0.2, -0.15) is 9.97 Å². The molecule has 0 spiro atoms. The van der Waals surface area contributed by atoms with Gasteiger partial charge in [-0.15, -0.1) is 0 Å². The van der Waals surface area contributed by atoms with Gasteiger partial charge in [0.2, 0.25) is 5.95 Å². The molecule has 1 saturated carbocycles. The number of aromatic nitrogens is 3. The van der Waals surface area contributed by atoms with Crippen LogP contribution in [0.15, 0.2) is 24.3 Å². The van der Waals surface area contributed by atoms with Gasteiger partial charge in [0.1, 0.15) is 11.6 Å². The normalized spacial score (nSPS) is 15.3. The standard InChI is InChI=1S/C16H20N4O/c1-2-21-13-10-6-5-9-12(13)15-18-14(19-16(17)20-15)11-7-3-4-8-11/h5-6,9-11H,2-4,7-8H2,1H3,(H2,17,18,19,20).